The number of nitrogens with zero attached hydrogens (tertiary/aromatic N) is 5. The second-order valence-corrected chi connectivity index (χ2v) is 5.49. The van der Waals surface area contributed by atoms with Gasteiger partial charge in [0.25, 0.3) is 5.56 Å². The Morgan fingerprint density at radius 1 is 1.26 bits per heavy atom. The van der Waals surface area contributed by atoms with E-state index < -0.39 is 5.76 Å². The number of hydrogen-bond donors (Lipinski definition) is 1. The molecule has 0 amide bonds. The molecule has 0 fully saturated rings. The zero-order valence-corrected chi connectivity index (χ0v) is 12.3. The average molecular weight is 328 g/mol. The summed E-state index contributed by atoms with van der Waals surface area (Å²) in [4.78, 5) is 38.9. The minimum Gasteiger partial charge on any atom is -0.308 e. The highest BCUT2D eigenvalue weighted by Gasteiger charge is 2.16. The van der Waals surface area contributed by atoms with Gasteiger partial charge < -0.3 is 4.98 Å². The summed E-state index contributed by atoms with van der Waals surface area (Å²) in [6.07, 6.45) is 3.06. The molecule has 0 atom stereocenters. The molecule has 0 saturated carbocycles. The standard InChI is InChI=1S/C13H8N6O3S/c20-12-9-7(2-5-23-9)16-8(17-12)6-19-11(18-22-13(19)21)10-14-3-1-4-15-10/h1-5H,6H2,(H,16,17,20). The van der Waals surface area contributed by atoms with Crippen molar-refractivity contribution in [2.24, 2.45) is 0 Å². The summed E-state index contributed by atoms with van der Waals surface area (Å²) in [6, 6.07) is 3.39. The third-order valence-electron chi connectivity index (χ3n) is 3.12. The summed E-state index contributed by atoms with van der Waals surface area (Å²) in [7, 11) is 0. The lowest BCUT2D eigenvalue weighted by Crippen LogP contribution is -2.20. The van der Waals surface area contributed by atoms with Gasteiger partial charge in [-0.2, -0.15) is 0 Å². The molecule has 4 rings (SSSR count). The molecule has 0 aromatic carbocycles. The van der Waals surface area contributed by atoms with Gasteiger partial charge in [-0.15, -0.1) is 11.3 Å². The van der Waals surface area contributed by atoms with E-state index in [0.29, 0.717) is 16.0 Å². The fourth-order valence-corrected chi connectivity index (χ4v) is 2.85. The summed E-state index contributed by atoms with van der Waals surface area (Å²) in [5, 5.41) is 5.47. The van der Waals surface area contributed by atoms with E-state index >= 15 is 0 Å². The Morgan fingerprint density at radius 2 is 2.09 bits per heavy atom. The predicted molar refractivity (Wildman–Crippen MR) is 81.1 cm³/mol. The molecule has 0 aliphatic heterocycles. The van der Waals surface area contributed by atoms with Gasteiger partial charge in [-0.3, -0.25) is 9.32 Å². The van der Waals surface area contributed by atoms with Crippen molar-refractivity contribution in [3.05, 3.63) is 56.6 Å². The first-order valence-electron chi connectivity index (χ1n) is 6.52. The van der Waals surface area contributed by atoms with Crippen LogP contribution in [0.3, 0.4) is 0 Å². The van der Waals surface area contributed by atoms with Crippen LogP contribution in [0.25, 0.3) is 21.9 Å². The number of aromatic amines is 1. The zero-order valence-electron chi connectivity index (χ0n) is 11.5. The Hall–Kier alpha value is -3.14. The van der Waals surface area contributed by atoms with E-state index in [1.165, 1.54) is 28.3 Å². The van der Waals surface area contributed by atoms with E-state index in [1.54, 1.807) is 17.5 Å². The Kier molecular flexibility index (Phi) is 3.08. The predicted octanol–water partition coefficient (Wildman–Crippen LogP) is 0.640. The van der Waals surface area contributed by atoms with Gasteiger partial charge in [0.05, 0.1) is 12.1 Å². The lowest BCUT2D eigenvalue weighted by atomic mass is 10.4. The summed E-state index contributed by atoms with van der Waals surface area (Å²) in [6.45, 7) is -0.00303. The molecule has 0 bridgehead atoms. The van der Waals surface area contributed by atoms with Crippen molar-refractivity contribution in [1.82, 2.24) is 29.7 Å². The van der Waals surface area contributed by atoms with Gasteiger partial charge in [0, 0.05) is 12.4 Å². The van der Waals surface area contributed by atoms with Crippen molar-refractivity contribution < 1.29 is 4.52 Å². The van der Waals surface area contributed by atoms with Gasteiger partial charge in [-0.05, 0) is 17.5 Å². The third-order valence-corrected chi connectivity index (χ3v) is 4.03. The average Bonchev–Trinajstić information content (AvgIpc) is 3.16. The molecule has 0 aliphatic rings. The molecule has 0 radical (unpaired) electrons. The smallest absolute Gasteiger partial charge is 0.308 e. The summed E-state index contributed by atoms with van der Waals surface area (Å²) < 4.78 is 6.44. The van der Waals surface area contributed by atoms with Crippen molar-refractivity contribution in [2.45, 2.75) is 6.54 Å². The zero-order chi connectivity index (χ0) is 15.8. The number of rotatable bonds is 3. The molecule has 114 valence electrons. The quantitative estimate of drug-likeness (QED) is 0.586. The van der Waals surface area contributed by atoms with Crippen molar-refractivity contribution in [3.63, 3.8) is 0 Å². The number of H-pyrrole nitrogens is 1. The maximum absolute atomic E-state index is 12.0. The van der Waals surface area contributed by atoms with E-state index in [0.717, 1.165) is 0 Å². The lowest BCUT2D eigenvalue weighted by Gasteiger charge is -2.03. The second kappa shape index (κ2) is 5.25. The first-order valence-corrected chi connectivity index (χ1v) is 7.40. The van der Waals surface area contributed by atoms with Crippen LogP contribution in [0.4, 0.5) is 0 Å². The third kappa shape index (κ3) is 2.34. The van der Waals surface area contributed by atoms with Crippen LogP contribution in [0.1, 0.15) is 5.82 Å². The summed E-state index contributed by atoms with van der Waals surface area (Å²) in [5.41, 5.74) is 0.331. The molecule has 23 heavy (non-hydrogen) atoms. The van der Waals surface area contributed by atoms with Gasteiger partial charge >= 0.3 is 5.76 Å². The topological polar surface area (TPSA) is 120 Å². The maximum Gasteiger partial charge on any atom is 0.442 e. The number of thiophene rings is 1. The molecule has 4 aromatic rings. The molecular formula is C13H8N6O3S. The minimum absolute atomic E-state index is 0.00303. The molecule has 0 saturated heterocycles. The molecular weight excluding hydrogens is 320 g/mol. The van der Waals surface area contributed by atoms with E-state index in [9.17, 15) is 9.59 Å². The molecule has 0 aliphatic carbocycles. The first kappa shape index (κ1) is 13.5. The van der Waals surface area contributed by atoms with Crippen molar-refractivity contribution in [1.29, 1.82) is 0 Å². The fraction of sp³-hybridized carbons (Fsp3) is 0.0769. The Labute approximate surface area is 131 Å². The Morgan fingerprint density at radius 3 is 2.91 bits per heavy atom. The van der Waals surface area contributed by atoms with Gasteiger partial charge in [-0.1, -0.05) is 5.16 Å². The van der Waals surface area contributed by atoms with Crippen LogP contribution < -0.4 is 11.3 Å². The van der Waals surface area contributed by atoms with Crippen LogP contribution in [-0.4, -0.2) is 29.7 Å². The lowest BCUT2D eigenvalue weighted by molar-refractivity contribution is 0.377. The van der Waals surface area contributed by atoms with E-state index in [1.807, 2.05) is 0 Å². The van der Waals surface area contributed by atoms with Crippen LogP contribution in [0.15, 0.2) is 44.0 Å². The van der Waals surface area contributed by atoms with Crippen LogP contribution in [0.5, 0.6) is 0 Å². The van der Waals surface area contributed by atoms with Gasteiger partial charge in [0.15, 0.2) is 5.82 Å². The molecule has 9 nitrogen and oxygen atoms in total. The number of hydrogen-bond acceptors (Lipinski definition) is 8. The minimum atomic E-state index is -0.680. The molecule has 10 heteroatoms. The monoisotopic (exact) mass is 328 g/mol. The largest absolute Gasteiger partial charge is 0.442 e. The van der Waals surface area contributed by atoms with Crippen molar-refractivity contribution in [2.75, 3.05) is 0 Å². The van der Waals surface area contributed by atoms with Crippen LogP contribution in [0, 0.1) is 0 Å². The summed E-state index contributed by atoms with van der Waals surface area (Å²) in [5.74, 6) is 0.0601. The number of nitrogens with one attached hydrogen (secondary N) is 1. The normalized spacial score (nSPS) is 11.1. The second-order valence-electron chi connectivity index (χ2n) is 4.58. The Bertz CT molecular complexity index is 1090. The molecule has 1 N–H and O–H groups in total. The van der Waals surface area contributed by atoms with Crippen LogP contribution in [0.2, 0.25) is 0 Å². The van der Waals surface area contributed by atoms with E-state index in [4.69, 9.17) is 0 Å². The highest BCUT2D eigenvalue weighted by atomic mass is 32.1. The van der Waals surface area contributed by atoms with Gasteiger partial charge in [0.1, 0.15) is 10.5 Å². The van der Waals surface area contributed by atoms with Crippen LogP contribution >= 0.6 is 11.3 Å². The summed E-state index contributed by atoms with van der Waals surface area (Å²) >= 11 is 1.31. The maximum atomic E-state index is 12.0. The highest BCUT2D eigenvalue weighted by molar-refractivity contribution is 7.17. The molecule has 0 unspecified atom stereocenters. The van der Waals surface area contributed by atoms with E-state index in [2.05, 4.69) is 29.6 Å². The van der Waals surface area contributed by atoms with Gasteiger partial charge in [0.2, 0.25) is 5.82 Å². The van der Waals surface area contributed by atoms with Gasteiger partial charge in [-0.25, -0.2) is 24.3 Å². The molecule has 4 aromatic heterocycles. The SMILES string of the molecule is O=c1[nH]c(Cn2c(-c3ncccn3)noc2=O)nc2ccsc12. The van der Waals surface area contributed by atoms with E-state index in [-0.39, 0.29) is 23.8 Å². The number of fused-ring (bicyclic) bond motifs is 1. The highest BCUT2D eigenvalue weighted by Crippen LogP contribution is 2.15. The first-order chi connectivity index (χ1) is 11.2. The van der Waals surface area contributed by atoms with Crippen molar-refractivity contribution >= 4 is 21.6 Å². The molecule has 4 heterocycles. The fourth-order valence-electron chi connectivity index (χ4n) is 2.13. The van der Waals surface area contributed by atoms with Crippen LogP contribution in [-0.2, 0) is 6.54 Å². The molecule has 0 spiro atoms. The number of aromatic nitrogens is 6. The Balaban J connectivity index is 1.81. The van der Waals surface area contributed by atoms with Crippen molar-refractivity contribution in [3.8, 4) is 11.6 Å².